The first-order valence-electron chi connectivity index (χ1n) is 9.65. The Bertz CT molecular complexity index is 1200. The quantitative estimate of drug-likeness (QED) is 0.571. The Kier molecular flexibility index (Phi) is 4.54. The van der Waals surface area contributed by atoms with Gasteiger partial charge in [-0.25, -0.2) is 12.4 Å². The van der Waals surface area contributed by atoms with Gasteiger partial charge in [-0.1, -0.05) is 73.2 Å². The summed E-state index contributed by atoms with van der Waals surface area (Å²) < 4.78 is 28.2. The molecule has 4 heteroatoms. The molecule has 3 nitrogen and oxygen atoms in total. The van der Waals surface area contributed by atoms with E-state index in [4.69, 9.17) is 0 Å². The van der Waals surface area contributed by atoms with Crippen LogP contribution in [0.2, 0.25) is 0 Å². The molecule has 0 radical (unpaired) electrons. The summed E-state index contributed by atoms with van der Waals surface area (Å²) in [6, 6.07) is 17.8. The highest BCUT2D eigenvalue weighted by Gasteiger charge is 2.42. The lowest BCUT2D eigenvalue weighted by atomic mass is 9.86. The van der Waals surface area contributed by atoms with Crippen LogP contribution in [0.3, 0.4) is 0 Å². The average Bonchev–Trinajstić information content (AvgIpc) is 3.14. The highest BCUT2D eigenvalue weighted by molar-refractivity contribution is 7.91. The molecule has 1 aliphatic carbocycles. The van der Waals surface area contributed by atoms with Crippen molar-refractivity contribution in [3.63, 3.8) is 0 Å². The zero-order valence-electron chi connectivity index (χ0n) is 16.5. The van der Waals surface area contributed by atoms with Gasteiger partial charge in [-0.15, -0.1) is 0 Å². The molecule has 0 aliphatic heterocycles. The van der Waals surface area contributed by atoms with E-state index < -0.39 is 14.8 Å². The molecule has 1 aromatic heterocycles. The third-order valence-electron chi connectivity index (χ3n) is 5.67. The first-order chi connectivity index (χ1) is 13.4. The minimum absolute atomic E-state index is 0.453. The van der Waals surface area contributed by atoms with Crippen LogP contribution >= 0.6 is 0 Å². The predicted molar refractivity (Wildman–Crippen MR) is 117 cm³/mol. The second-order valence-corrected chi connectivity index (χ2v) is 10.0. The van der Waals surface area contributed by atoms with Gasteiger partial charge in [0, 0.05) is 11.6 Å². The van der Waals surface area contributed by atoms with Crippen molar-refractivity contribution >= 4 is 26.5 Å². The fraction of sp³-hybridized carbons (Fsp3) is 0.250. The molecule has 0 bridgehead atoms. The van der Waals surface area contributed by atoms with Gasteiger partial charge in [0.15, 0.2) is 0 Å². The predicted octanol–water partition coefficient (Wildman–Crippen LogP) is 5.71. The van der Waals surface area contributed by atoms with Crippen LogP contribution in [0.25, 0.3) is 16.5 Å². The topological polar surface area (TPSA) is 39.1 Å². The Morgan fingerprint density at radius 3 is 2.50 bits per heavy atom. The van der Waals surface area contributed by atoms with Crippen molar-refractivity contribution < 1.29 is 8.42 Å². The molecule has 0 fully saturated rings. The van der Waals surface area contributed by atoms with Crippen LogP contribution in [0, 0.1) is 6.92 Å². The molecule has 4 rings (SSSR count). The second-order valence-electron chi connectivity index (χ2n) is 7.73. The van der Waals surface area contributed by atoms with Crippen LogP contribution < -0.4 is 0 Å². The first kappa shape index (κ1) is 18.8. The van der Waals surface area contributed by atoms with Crippen molar-refractivity contribution in [2.24, 2.45) is 0 Å². The molecule has 0 saturated heterocycles. The molecule has 2 aromatic carbocycles. The molecule has 0 N–H and O–H groups in total. The number of hydrogen-bond acceptors (Lipinski definition) is 2. The number of aryl methyl sites for hydroxylation is 1. The summed E-state index contributed by atoms with van der Waals surface area (Å²) in [5.41, 5.74) is 4.94. The summed E-state index contributed by atoms with van der Waals surface area (Å²) >= 11 is 0. The number of benzene rings is 2. The van der Waals surface area contributed by atoms with E-state index in [-0.39, 0.29) is 0 Å². The van der Waals surface area contributed by atoms with Crippen LogP contribution in [0.15, 0.2) is 78.5 Å². The van der Waals surface area contributed by atoms with E-state index in [1.165, 1.54) is 3.97 Å². The van der Waals surface area contributed by atoms with E-state index in [0.29, 0.717) is 6.42 Å². The summed E-state index contributed by atoms with van der Waals surface area (Å²) in [5, 5.41) is 0.946. The minimum atomic E-state index is -3.65. The van der Waals surface area contributed by atoms with Gasteiger partial charge in [0.2, 0.25) is 10.0 Å². The zero-order valence-corrected chi connectivity index (χ0v) is 17.3. The van der Waals surface area contributed by atoms with E-state index in [9.17, 15) is 8.42 Å². The second kappa shape index (κ2) is 6.78. The summed E-state index contributed by atoms with van der Waals surface area (Å²) in [5.74, 6) is 0. The molecule has 1 aliphatic rings. The molecular weight excluding hydrogens is 366 g/mol. The number of nitrogens with zero attached hydrogens (tertiary/aromatic N) is 1. The van der Waals surface area contributed by atoms with Gasteiger partial charge in [-0.05, 0) is 49.5 Å². The van der Waals surface area contributed by atoms with E-state index in [1.807, 2.05) is 74.5 Å². The number of rotatable bonds is 4. The van der Waals surface area contributed by atoms with E-state index in [0.717, 1.165) is 39.6 Å². The average molecular weight is 392 g/mol. The smallest absolute Gasteiger partial charge is 0.244 e. The SMILES string of the molecule is CCC1=CC(C)(S(=O)(=O)n2ccc3cccc(C)c32)CC(c2ccccc2)=C1. The number of hydrogen-bond donors (Lipinski definition) is 0. The molecule has 1 atom stereocenters. The van der Waals surface area contributed by atoms with Crippen molar-refractivity contribution in [2.75, 3.05) is 0 Å². The maximum absolute atomic E-state index is 13.9. The molecule has 0 spiro atoms. The third kappa shape index (κ3) is 2.92. The first-order valence-corrected chi connectivity index (χ1v) is 11.1. The van der Waals surface area contributed by atoms with Gasteiger partial charge in [0.1, 0.15) is 4.75 Å². The van der Waals surface area contributed by atoms with Crippen molar-refractivity contribution in [3.05, 3.63) is 89.6 Å². The lowest BCUT2D eigenvalue weighted by Crippen LogP contribution is -2.39. The highest BCUT2D eigenvalue weighted by Crippen LogP contribution is 2.40. The van der Waals surface area contributed by atoms with Crippen molar-refractivity contribution in [2.45, 2.75) is 38.4 Å². The number of allylic oxidation sites excluding steroid dienone is 3. The normalized spacial score (nSPS) is 20.1. The number of aromatic nitrogens is 1. The van der Waals surface area contributed by atoms with Gasteiger partial charge in [-0.3, -0.25) is 0 Å². The third-order valence-corrected chi connectivity index (χ3v) is 7.93. The zero-order chi connectivity index (χ0) is 19.9. The number of para-hydroxylation sites is 1. The van der Waals surface area contributed by atoms with E-state index in [2.05, 4.69) is 13.0 Å². The van der Waals surface area contributed by atoms with Gasteiger partial charge >= 0.3 is 0 Å². The minimum Gasteiger partial charge on any atom is -0.244 e. The Balaban J connectivity index is 1.87. The van der Waals surface area contributed by atoms with E-state index in [1.54, 1.807) is 6.20 Å². The standard InChI is InChI=1S/C24H25NO2S/c1-4-19-15-22(20-10-6-5-7-11-20)17-24(3,16-19)28(26,27)25-14-13-21-12-8-9-18(2)23(21)25/h5-16H,4,17H2,1-3H3. The lowest BCUT2D eigenvalue weighted by Gasteiger charge is -2.32. The molecule has 28 heavy (non-hydrogen) atoms. The summed E-state index contributed by atoms with van der Waals surface area (Å²) in [6.07, 6.45) is 7.03. The maximum atomic E-state index is 13.9. The molecule has 0 saturated carbocycles. The highest BCUT2D eigenvalue weighted by atomic mass is 32.2. The monoisotopic (exact) mass is 391 g/mol. The Labute approximate surface area is 167 Å². The Morgan fingerprint density at radius 1 is 1.04 bits per heavy atom. The lowest BCUT2D eigenvalue weighted by molar-refractivity contribution is 0.555. The number of fused-ring (bicyclic) bond motifs is 1. The van der Waals surface area contributed by atoms with E-state index >= 15 is 0 Å². The fourth-order valence-corrected chi connectivity index (χ4v) is 5.91. The van der Waals surface area contributed by atoms with Crippen molar-refractivity contribution in [1.29, 1.82) is 0 Å². The molecular formula is C24H25NO2S. The molecule has 1 unspecified atom stereocenters. The molecule has 144 valence electrons. The van der Waals surface area contributed by atoms with Gasteiger partial charge < -0.3 is 0 Å². The van der Waals surface area contributed by atoms with Crippen LogP contribution in [0.5, 0.6) is 0 Å². The van der Waals surface area contributed by atoms with Gasteiger partial charge in [0.05, 0.1) is 5.52 Å². The van der Waals surface area contributed by atoms with Gasteiger partial charge in [-0.2, -0.15) is 0 Å². The maximum Gasteiger partial charge on any atom is 0.248 e. The summed E-state index contributed by atoms with van der Waals surface area (Å²) in [6.45, 7) is 5.87. The fourth-order valence-electron chi connectivity index (χ4n) is 4.11. The molecule has 1 heterocycles. The summed E-state index contributed by atoms with van der Waals surface area (Å²) in [7, 11) is -3.65. The van der Waals surface area contributed by atoms with Gasteiger partial charge in [0.25, 0.3) is 0 Å². The van der Waals surface area contributed by atoms with Crippen LogP contribution in [0.1, 0.15) is 37.8 Å². The van der Waals surface area contributed by atoms with Crippen LogP contribution in [-0.2, 0) is 10.0 Å². The van der Waals surface area contributed by atoms with Crippen LogP contribution in [-0.4, -0.2) is 17.1 Å². The summed E-state index contributed by atoms with van der Waals surface area (Å²) in [4.78, 5) is 0. The van der Waals surface area contributed by atoms with Crippen molar-refractivity contribution in [1.82, 2.24) is 3.97 Å². The Morgan fingerprint density at radius 2 is 1.79 bits per heavy atom. The van der Waals surface area contributed by atoms with Crippen LogP contribution in [0.4, 0.5) is 0 Å². The largest absolute Gasteiger partial charge is 0.248 e. The molecule has 0 amide bonds. The Hall–Kier alpha value is -2.59. The molecule has 3 aromatic rings. The van der Waals surface area contributed by atoms with Crippen molar-refractivity contribution in [3.8, 4) is 0 Å².